The van der Waals surface area contributed by atoms with E-state index in [2.05, 4.69) is 5.32 Å². The fourth-order valence-corrected chi connectivity index (χ4v) is 4.85. The Morgan fingerprint density at radius 2 is 2.05 bits per heavy atom. The molecule has 122 valence electrons. The topological polar surface area (TPSA) is 75.6 Å². The zero-order valence-electron chi connectivity index (χ0n) is 12.3. The summed E-state index contributed by atoms with van der Waals surface area (Å²) in [7, 11) is -2.97. The van der Waals surface area contributed by atoms with Crippen molar-refractivity contribution >= 4 is 21.4 Å². The molecule has 2 aliphatic heterocycles. The number of sulfone groups is 1. The average Bonchev–Trinajstić information content (AvgIpc) is 2.91. The Morgan fingerprint density at radius 1 is 1.32 bits per heavy atom. The van der Waals surface area contributed by atoms with Crippen molar-refractivity contribution in [2.24, 2.45) is 0 Å². The van der Waals surface area contributed by atoms with Gasteiger partial charge in [0.05, 0.1) is 23.7 Å². The van der Waals surface area contributed by atoms with Crippen LogP contribution in [0.2, 0.25) is 5.02 Å². The molecule has 1 aromatic rings. The number of fused-ring (bicyclic) bond motifs is 1. The van der Waals surface area contributed by atoms with Crippen LogP contribution in [0.1, 0.15) is 24.0 Å². The molecule has 2 N–H and O–H groups in total. The molecule has 0 bridgehead atoms. The number of benzene rings is 1. The Labute approximate surface area is 135 Å². The summed E-state index contributed by atoms with van der Waals surface area (Å²) in [5, 5.41) is 14.3. The third kappa shape index (κ3) is 3.56. The number of halogens is 1. The molecule has 1 saturated heterocycles. The van der Waals surface area contributed by atoms with Gasteiger partial charge in [0.2, 0.25) is 0 Å². The first kappa shape index (κ1) is 16.1. The van der Waals surface area contributed by atoms with Crippen LogP contribution < -0.4 is 10.1 Å². The lowest BCUT2D eigenvalue weighted by atomic mass is 9.97. The first-order valence-corrected chi connectivity index (χ1v) is 9.64. The standard InChI is InChI=1S/C15H20ClNO4S/c16-13-7-11-1-4-21-14(11)12(8-13)9-17-10-15(18)2-5-22(19,20)6-3-15/h7-8,17-18H,1-6,9-10H2. The predicted octanol–water partition coefficient (Wildman–Crippen LogP) is 1.30. The lowest BCUT2D eigenvalue weighted by molar-refractivity contribution is 0.0303. The highest BCUT2D eigenvalue weighted by molar-refractivity contribution is 7.91. The fraction of sp³-hybridized carbons (Fsp3) is 0.600. The number of nitrogens with one attached hydrogen (secondary N) is 1. The van der Waals surface area contributed by atoms with Crippen LogP contribution in [0.15, 0.2) is 12.1 Å². The van der Waals surface area contributed by atoms with Gasteiger partial charge in [0.15, 0.2) is 9.84 Å². The molecular formula is C15H20ClNO4S. The monoisotopic (exact) mass is 345 g/mol. The van der Waals surface area contributed by atoms with Crippen molar-refractivity contribution in [2.45, 2.75) is 31.4 Å². The lowest BCUT2D eigenvalue weighted by Gasteiger charge is -2.32. The first-order chi connectivity index (χ1) is 10.4. The van der Waals surface area contributed by atoms with Crippen molar-refractivity contribution in [1.82, 2.24) is 5.32 Å². The molecular weight excluding hydrogens is 326 g/mol. The summed E-state index contributed by atoms with van der Waals surface area (Å²) in [6.07, 6.45) is 1.43. The Morgan fingerprint density at radius 3 is 2.77 bits per heavy atom. The van der Waals surface area contributed by atoms with Gasteiger partial charge in [-0.25, -0.2) is 8.42 Å². The molecule has 7 heteroatoms. The quantitative estimate of drug-likeness (QED) is 0.860. The summed E-state index contributed by atoms with van der Waals surface area (Å²) in [6.45, 7) is 1.58. The Bertz CT molecular complexity index is 660. The van der Waals surface area contributed by atoms with E-state index in [-0.39, 0.29) is 24.3 Å². The zero-order chi connectivity index (χ0) is 15.8. The van der Waals surface area contributed by atoms with E-state index in [9.17, 15) is 13.5 Å². The van der Waals surface area contributed by atoms with Crippen LogP contribution in [0.5, 0.6) is 5.75 Å². The van der Waals surface area contributed by atoms with Crippen LogP contribution in [-0.4, -0.2) is 43.8 Å². The first-order valence-electron chi connectivity index (χ1n) is 7.45. The second-order valence-electron chi connectivity index (χ2n) is 6.13. The van der Waals surface area contributed by atoms with E-state index >= 15 is 0 Å². The van der Waals surface area contributed by atoms with E-state index in [1.807, 2.05) is 12.1 Å². The normalized spacial score (nSPS) is 22.1. The summed E-state index contributed by atoms with van der Waals surface area (Å²) in [4.78, 5) is 0. The van der Waals surface area contributed by atoms with Crippen LogP contribution >= 0.6 is 11.6 Å². The van der Waals surface area contributed by atoms with Gasteiger partial charge in [-0.1, -0.05) is 11.6 Å². The van der Waals surface area contributed by atoms with Crippen molar-refractivity contribution in [3.8, 4) is 5.75 Å². The van der Waals surface area contributed by atoms with Gasteiger partial charge in [-0.3, -0.25) is 0 Å². The van der Waals surface area contributed by atoms with Crippen molar-refractivity contribution < 1.29 is 18.3 Å². The third-order valence-corrected chi connectivity index (χ3v) is 6.22. The highest BCUT2D eigenvalue weighted by atomic mass is 35.5. The zero-order valence-corrected chi connectivity index (χ0v) is 13.8. The van der Waals surface area contributed by atoms with Gasteiger partial charge in [0, 0.05) is 30.1 Å². The highest BCUT2D eigenvalue weighted by Crippen LogP contribution is 2.33. The fourth-order valence-electron chi connectivity index (χ4n) is 3.00. The van der Waals surface area contributed by atoms with Gasteiger partial charge < -0.3 is 15.2 Å². The number of hydrogen-bond donors (Lipinski definition) is 2. The smallest absolute Gasteiger partial charge is 0.150 e. The highest BCUT2D eigenvalue weighted by Gasteiger charge is 2.35. The maximum Gasteiger partial charge on any atom is 0.150 e. The SMILES string of the molecule is O=S1(=O)CCC(O)(CNCc2cc(Cl)cc3c2OCC3)CC1. The van der Waals surface area contributed by atoms with E-state index in [4.69, 9.17) is 16.3 Å². The molecule has 0 aliphatic carbocycles. The predicted molar refractivity (Wildman–Crippen MR) is 85.2 cm³/mol. The summed E-state index contributed by atoms with van der Waals surface area (Å²) in [5.41, 5.74) is 1.15. The Kier molecular flexibility index (Phi) is 4.38. The largest absolute Gasteiger partial charge is 0.493 e. The molecule has 1 aromatic carbocycles. The van der Waals surface area contributed by atoms with E-state index < -0.39 is 15.4 Å². The maximum absolute atomic E-state index is 11.4. The molecule has 2 heterocycles. The minimum atomic E-state index is -2.97. The van der Waals surface area contributed by atoms with Gasteiger partial charge in [-0.05, 0) is 30.5 Å². The van der Waals surface area contributed by atoms with Gasteiger partial charge in [0.1, 0.15) is 5.75 Å². The molecule has 1 fully saturated rings. The van der Waals surface area contributed by atoms with E-state index in [0.29, 0.717) is 24.7 Å². The van der Waals surface area contributed by atoms with E-state index in [1.165, 1.54) is 0 Å². The molecule has 2 aliphatic rings. The number of rotatable bonds is 4. The minimum Gasteiger partial charge on any atom is -0.493 e. The summed E-state index contributed by atoms with van der Waals surface area (Å²) < 4.78 is 28.5. The lowest BCUT2D eigenvalue weighted by Crippen LogP contribution is -2.46. The van der Waals surface area contributed by atoms with Crippen molar-refractivity contribution in [2.75, 3.05) is 24.7 Å². The summed E-state index contributed by atoms with van der Waals surface area (Å²) in [6, 6.07) is 3.79. The molecule has 0 amide bonds. The molecule has 5 nitrogen and oxygen atoms in total. The molecule has 0 atom stereocenters. The second-order valence-corrected chi connectivity index (χ2v) is 8.87. The number of hydrogen-bond acceptors (Lipinski definition) is 5. The molecule has 0 aromatic heterocycles. The van der Waals surface area contributed by atoms with Crippen molar-refractivity contribution in [3.63, 3.8) is 0 Å². The number of aliphatic hydroxyl groups is 1. The van der Waals surface area contributed by atoms with Crippen LogP contribution in [0.3, 0.4) is 0 Å². The molecule has 0 radical (unpaired) electrons. The molecule has 0 spiro atoms. The molecule has 0 saturated carbocycles. The third-order valence-electron chi connectivity index (χ3n) is 4.35. The molecule has 0 unspecified atom stereocenters. The summed E-state index contributed by atoms with van der Waals surface area (Å²) in [5.74, 6) is 0.997. The van der Waals surface area contributed by atoms with Crippen LogP contribution in [-0.2, 0) is 22.8 Å². The Balaban J connectivity index is 1.60. The van der Waals surface area contributed by atoms with Gasteiger partial charge >= 0.3 is 0 Å². The van der Waals surface area contributed by atoms with Crippen molar-refractivity contribution in [3.05, 3.63) is 28.3 Å². The molecule has 3 rings (SSSR count). The van der Waals surface area contributed by atoms with Gasteiger partial charge in [-0.15, -0.1) is 0 Å². The van der Waals surface area contributed by atoms with Crippen LogP contribution in [0, 0.1) is 0 Å². The Hall–Kier alpha value is -0.820. The maximum atomic E-state index is 11.4. The van der Waals surface area contributed by atoms with Gasteiger partial charge in [-0.2, -0.15) is 0 Å². The second kappa shape index (κ2) is 6.00. The summed E-state index contributed by atoms with van der Waals surface area (Å²) >= 11 is 6.12. The number of ether oxygens (including phenoxy) is 1. The van der Waals surface area contributed by atoms with E-state index in [1.54, 1.807) is 0 Å². The average molecular weight is 346 g/mol. The van der Waals surface area contributed by atoms with Crippen molar-refractivity contribution in [1.29, 1.82) is 0 Å². The molecule has 22 heavy (non-hydrogen) atoms. The minimum absolute atomic E-state index is 0.0564. The van der Waals surface area contributed by atoms with Crippen LogP contribution in [0.25, 0.3) is 0 Å². The van der Waals surface area contributed by atoms with Gasteiger partial charge in [0.25, 0.3) is 0 Å². The van der Waals surface area contributed by atoms with Crippen LogP contribution in [0.4, 0.5) is 0 Å². The van der Waals surface area contributed by atoms with E-state index in [0.717, 1.165) is 23.3 Å².